The summed E-state index contributed by atoms with van der Waals surface area (Å²) in [6.07, 6.45) is 4.46. The van der Waals surface area contributed by atoms with Gasteiger partial charge in [-0.1, -0.05) is 76.2 Å². The molecule has 4 N–H and O–H groups in total. The molecule has 14 heteroatoms. The molecule has 4 aromatic carbocycles. The minimum atomic E-state index is -0.677. The molecule has 12 rings (SSSR count). The maximum atomic E-state index is 13.9. The second kappa shape index (κ2) is 15.0. The Morgan fingerprint density at radius 3 is 1.56 bits per heavy atom. The number of aromatic amines is 2. The van der Waals surface area contributed by atoms with Crippen molar-refractivity contribution in [3.05, 3.63) is 96.8 Å². The molecule has 3 saturated heterocycles. The Morgan fingerprint density at radius 1 is 0.609 bits per heavy atom. The topological polar surface area (TPSA) is 175 Å². The van der Waals surface area contributed by atoms with Gasteiger partial charge in [0.15, 0.2) is 0 Å². The summed E-state index contributed by atoms with van der Waals surface area (Å²) >= 11 is 0. The molecular formula is C50H52N8O6. The van der Waals surface area contributed by atoms with Crippen LogP contribution in [0.1, 0.15) is 64.3 Å². The van der Waals surface area contributed by atoms with Gasteiger partial charge >= 0.3 is 12.2 Å². The minimum absolute atomic E-state index is 0.0745. The van der Waals surface area contributed by atoms with E-state index in [1.54, 1.807) is 0 Å². The molecule has 4 amide bonds. The molecule has 6 fully saturated rings. The number of likely N-dealkylation sites (tertiary alicyclic amines) is 1. The van der Waals surface area contributed by atoms with E-state index in [1.165, 1.54) is 14.2 Å². The molecule has 2 aromatic heterocycles. The number of benzene rings is 4. The molecule has 6 aliphatic rings. The number of carbonyl (C=O) groups is 4. The highest BCUT2D eigenvalue weighted by atomic mass is 16.5. The number of carbonyl (C=O) groups excluding carboxylic acids is 4. The summed E-state index contributed by atoms with van der Waals surface area (Å²) in [6.45, 7) is 7.72. The molecular weight excluding hydrogens is 809 g/mol. The molecule has 328 valence electrons. The lowest BCUT2D eigenvalue weighted by Crippen LogP contribution is -2.52. The van der Waals surface area contributed by atoms with E-state index in [4.69, 9.17) is 19.4 Å². The number of nitrogens with zero attached hydrogens (tertiary/aromatic N) is 4. The van der Waals surface area contributed by atoms with Crippen molar-refractivity contribution < 1.29 is 28.7 Å². The zero-order chi connectivity index (χ0) is 44.3. The van der Waals surface area contributed by atoms with E-state index in [0.717, 1.165) is 79.7 Å². The van der Waals surface area contributed by atoms with Crippen LogP contribution in [0.15, 0.2) is 85.2 Å². The third-order valence-electron chi connectivity index (χ3n) is 14.6. The van der Waals surface area contributed by atoms with E-state index in [-0.39, 0.29) is 47.8 Å². The summed E-state index contributed by atoms with van der Waals surface area (Å²) < 4.78 is 9.64. The predicted molar refractivity (Wildman–Crippen MR) is 240 cm³/mol. The zero-order valence-corrected chi connectivity index (χ0v) is 36.7. The summed E-state index contributed by atoms with van der Waals surface area (Å²) in [5, 5.41) is 9.95. The van der Waals surface area contributed by atoms with E-state index in [1.807, 2.05) is 49.9 Å². The Kier molecular flexibility index (Phi) is 9.37. The summed E-state index contributed by atoms with van der Waals surface area (Å²) in [5.41, 5.74) is 5.87. The number of amides is 4. The molecule has 3 saturated carbocycles. The fraction of sp³-hybridized carbons (Fsp3) is 0.400. The highest BCUT2D eigenvalue weighted by Crippen LogP contribution is 2.81. The highest BCUT2D eigenvalue weighted by Gasteiger charge is 2.86. The van der Waals surface area contributed by atoms with E-state index >= 15 is 0 Å². The lowest BCUT2D eigenvalue weighted by Gasteiger charge is -2.31. The first kappa shape index (κ1) is 40.1. The number of imidazole rings is 2. The van der Waals surface area contributed by atoms with E-state index in [2.05, 4.69) is 93.4 Å². The maximum Gasteiger partial charge on any atom is 0.407 e. The quantitative estimate of drug-likeness (QED) is 0.101. The van der Waals surface area contributed by atoms with Gasteiger partial charge in [-0.2, -0.15) is 0 Å². The molecule has 10 atom stereocenters. The van der Waals surface area contributed by atoms with Gasteiger partial charge in [-0.05, 0) is 105 Å². The fourth-order valence-corrected chi connectivity index (χ4v) is 11.0. The Labute approximate surface area is 370 Å². The number of H-pyrrole nitrogens is 2. The monoisotopic (exact) mass is 860 g/mol. The number of ether oxygens (including phenoxy) is 2. The smallest absolute Gasteiger partial charge is 0.407 e. The predicted octanol–water partition coefficient (Wildman–Crippen LogP) is 7.99. The van der Waals surface area contributed by atoms with E-state index in [9.17, 15) is 19.2 Å². The van der Waals surface area contributed by atoms with Gasteiger partial charge in [0.2, 0.25) is 11.8 Å². The van der Waals surface area contributed by atoms with Crippen molar-refractivity contribution in [3.63, 3.8) is 0 Å². The van der Waals surface area contributed by atoms with Crippen LogP contribution < -0.4 is 10.6 Å². The zero-order valence-electron chi connectivity index (χ0n) is 36.7. The number of fused-ring (bicyclic) bond motifs is 4. The number of hydrogen-bond acceptors (Lipinski definition) is 8. The highest BCUT2D eigenvalue weighted by molar-refractivity contribution is 5.94. The van der Waals surface area contributed by atoms with Gasteiger partial charge in [-0.25, -0.2) is 19.6 Å². The first-order valence-electron chi connectivity index (χ1n) is 22.4. The number of piperidine rings is 2. The van der Waals surface area contributed by atoms with Crippen LogP contribution in [-0.4, -0.2) is 92.1 Å². The van der Waals surface area contributed by atoms with Crippen molar-refractivity contribution in [2.75, 3.05) is 14.2 Å². The third kappa shape index (κ3) is 6.59. The third-order valence-corrected chi connectivity index (χ3v) is 14.6. The number of methoxy groups -OCH3 is 2. The van der Waals surface area contributed by atoms with Gasteiger partial charge in [0.05, 0.1) is 37.7 Å². The number of hydrogen-bond donors (Lipinski definition) is 4. The van der Waals surface area contributed by atoms with Gasteiger partial charge < -0.3 is 39.9 Å². The summed E-state index contributed by atoms with van der Waals surface area (Å²) in [7, 11) is 2.62. The number of aromatic nitrogens is 4. The molecule has 6 aromatic rings. The largest absolute Gasteiger partial charge is 0.453 e. The van der Waals surface area contributed by atoms with Crippen LogP contribution in [0.2, 0.25) is 0 Å². The van der Waals surface area contributed by atoms with Crippen LogP contribution in [0.5, 0.6) is 0 Å². The molecule has 2 unspecified atom stereocenters. The molecule has 0 spiro atoms. The summed E-state index contributed by atoms with van der Waals surface area (Å²) in [5.74, 6) is 3.12. The lowest BCUT2D eigenvalue weighted by molar-refractivity contribution is -0.137. The van der Waals surface area contributed by atoms with Crippen molar-refractivity contribution in [2.45, 2.75) is 76.8 Å². The van der Waals surface area contributed by atoms with Gasteiger partial charge in [0, 0.05) is 35.6 Å². The van der Waals surface area contributed by atoms with Crippen LogP contribution in [0.25, 0.3) is 55.2 Å². The van der Waals surface area contributed by atoms with Crippen LogP contribution >= 0.6 is 0 Å². The van der Waals surface area contributed by atoms with Crippen molar-refractivity contribution in [1.29, 1.82) is 0 Å². The molecule has 0 radical (unpaired) electrons. The number of alkyl carbamates (subject to hydrolysis) is 2. The van der Waals surface area contributed by atoms with Crippen molar-refractivity contribution in [3.8, 4) is 33.6 Å². The van der Waals surface area contributed by atoms with Gasteiger partial charge in [0.1, 0.15) is 23.7 Å². The molecule has 14 nitrogen and oxygen atoms in total. The van der Waals surface area contributed by atoms with Crippen LogP contribution in [-0.2, 0) is 19.1 Å². The standard InChI is InChI=1S/C50H52N8O6/c1-23(2)41(55-49(61)63-5)47(59)57-36-19-33(36)20-37(57)45-51-21-34(53-45)31-13-11-27-15-25(7-9-29(27)17-31)26-8-10-30-18-32(14-12-28(30)16-26)35-22-52-46(54-35)44-40-38-39(40)43(38)58(44)48(60)42(24(3)4)56-50(62)64-6/h7-18,21-24,33,36-44H,19-20H2,1-6H3,(H,51,53)(H,52,54)(H,55,61)(H,56,62)/t33-,36-,37+,38-,39?,40?,41+,42+,43+,44+/m1/s1. The fourth-order valence-electron chi connectivity index (χ4n) is 11.0. The SMILES string of the molecule is COC(=O)N[C@H](C(=O)N1[C@H](c2nc(-c3ccc4cc(-c5ccc6cc(-c7c[nH]c([C@@H]8C[C@H]9C[C@H]9N8C(=O)[C@@H](NC(=O)OC)C(C)C)n7)ccc6c5)ccc4c3)c[nH]2)C2C3[C@H]2[C@@H]31)C(C)C. The molecule has 2 bridgehead atoms. The van der Waals surface area contributed by atoms with Crippen molar-refractivity contribution in [1.82, 2.24) is 40.4 Å². The number of rotatable bonds is 11. The lowest BCUT2D eigenvalue weighted by atomic mass is 9.97. The summed E-state index contributed by atoms with van der Waals surface area (Å²) in [6, 6.07) is 24.6. The number of nitrogens with one attached hydrogen (secondary N) is 4. The van der Waals surface area contributed by atoms with Crippen LogP contribution in [0.4, 0.5) is 9.59 Å². The maximum absolute atomic E-state index is 13.9. The first-order chi connectivity index (χ1) is 30.9. The van der Waals surface area contributed by atoms with Gasteiger partial charge in [-0.3, -0.25) is 9.59 Å². The molecule has 3 aliphatic carbocycles. The Morgan fingerprint density at radius 2 is 1.06 bits per heavy atom. The van der Waals surface area contributed by atoms with Crippen molar-refractivity contribution >= 4 is 45.5 Å². The van der Waals surface area contributed by atoms with E-state index in [0.29, 0.717) is 23.7 Å². The molecule has 3 aliphatic heterocycles. The summed E-state index contributed by atoms with van der Waals surface area (Å²) in [4.78, 5) is 72.7. The average molecular weight is 861 g/mol. The average Bonchev–Trinajstić information content (AvgIpc) is 4.09. The second-order valence-corrected chi connectivity index (χ2v) is 19.1. The Balaban J connectivity index is 0.786. The Bertz CT molecular complexity index is 2870. The van der Waals surface area contributed by atoms with Crippen LogP contribution in [0, 0.1) is 35.5 Å². The second-order valence-electron chi connectivity index (χ2n) is 19.1. The van der Waals surface area contributed by atoms with Gasteiger partial charge in [0.25, 0.3) is 0 Å². The molecule has 64 heavy (non-hydrogen) atoms. The first-order valence-corrected chi connectivity index (χ1v) is 22.4. The van der Waals surface area contributed by atoms with Gasteiger partial charge in [-0.15, -0.1) is 0 Å². The minimum Gasteiger partial charge on any atom is -0.453 e. The van der Waals surface area contributed by atoms with E-state index < -0.39 is 24.3 Å². The molecule has 5 heterocycles. The van der Waals surface area contributed by atoms with Crippen LogP contribution in [0.3, 0.4) is 0 Å². The Hall–Kier alpha value is -6.70. The normalized spacial score (nSPS) is 25.6. The van der Waals surface area contributed by atoms with Crippen molar-refractivity contribution in [2.24, 2.45) is 35.5 Å².